The fourth-order valence-electron chi connectivity index (χ4n) is 5.08. The maximum atomic E-state index is 14.3. The van der Waals surface area contributed by atoms with Crippen molar-refractivity contribution in [2.24, 2.45) is 0 Å². The fraction of sp³-hybridized carbons (Fsp3) is 0.433. The molecule has 1 aliphatic rings. The van der Waals surface area contributed by atoms with Crippen molar-refractivity contribution in [2.45, 2.75) is 57.7 Å². The van der Waals surface area contributed by atoms with Crippen molar-refractivity contribution >= 4 is 16.9 Å². The van der Waals surface area contributed by atoms with Crippen LogP contribution in [-0.4, -0.2) is 73.9 Å². The first-order chi connectivity index (χ1) is 19.7. The van der Waals surface area contributed by atoms with Gasteiger partial charge in [-0.2, -0.15) is 5.10 Å². The van der Waals surface area contributed by atoms with Gasteiger partial charge in [-0.1, -0.05) is 4.85 Å². The zero-order valence-corrected chi connectivity index (χ0v) is 23.9. The molecule has 11 heteroatoms. The first-order valence-electron chi connectivity index (χ1n) is 13.8. The third-order valence-electron chi connectivity index (χ3n) is 7.02. The molecule has 0 bridgehead atoms. The van der Waals surface area contributed by atoms with Crippen LogP contribution in [0.5, 0.6) is 5.75 Å². The summed E-state index contributed by atoms with van der Waals surface area (Å²) in [5.74, 6) is -0.443. The van der Waals surface area contributed by atoms with Gasteiger partial charge in [0.1, 0.15) is 36.1 Å². The molecule has 2 N–H and O–H groups in total. The number of halogens is 1. The van der Waals surface area contributed by atoms with Gasteiger partial charge in [0.15, 0.2) is 0 Å². The van der Waals surface area contributed by atoms with E-state index in [1.54, 1.807) is 19.4 Å². The second-order valence-electron chi connectivity index (χ2n) is 11.4. The third kappa shape index (κ3) is 7.08. The molecule has 0 saturated carbocycles. The van der Waals surface area contributed by atoms with Crippen LogP contribution in [-0.2, 0) is 0 Å². The minimum atomic E-state index is -0.492. The van der Waals surface area contributed by atoms with E-state index in [2.05, 4.69) is 41.2 Å². The summed E-state index contributed by atoms with van der Waals surface area (Å²) in [7, 11) is 1.72. The van der Waals surface area contributed by atoms with Gasteiger partial charge < -0.3 is 19.9 Å². The topological polar surface area (TPSA) is 105 Å². The minimum absolute atomic E-state index is 0.0422. The second-order valence-corrected chi connectivity index (χ2v) is 11.4. The van der Waals surface area contributed by atoms with Gasteiger partial charge in [0.25, 0.3) is 19.0 Å². The Bertz CT molecular complexity index is 1570. The number of aromatic nitrogens is 5. The lowest BCUT2D eigenvalue weighted by molar-refractivity contribution is 0.0890. The highest BCUT2D eigenvalue weighted by molar-refractivity contribution is 5.95. The highest BCUT2D eigenvalue weighted by atomic mass is 19.1. The van der Waals surface area contributed by atoms with Gasteiger partial charge in [-0.05, 0) is 51.8 Å². The molecule has 5 rings (SSSR count). The maximum Gasteiger partial charge on any atom is 0.274 e. The van der Waals surface area contributed by atoms with Crippen LogP contribution in [0.4, 0.5) is 4.39 Å². The number of ether oxygens (including phenoxy) is 1. The second kappa shape index (κ2) is 12.1. The molecule has 0 spiro atoms. The molecular formula is C30H36FN8O2+. The number of H-pyrrole nitrogens is 1. The number of nitrogens with one attached hydrogen (secondary N) is 2. The quantitative estimate of drug-likeness (QED) is 0.317. The molecule has 1 atom stereocenters. The van der Waals surface area contributed by atoms with Crippen molar-refractivity contribution in [3.8, 4) is 23.1 Å². The lowest BCUT2D eigenvalue weighted by Crippen LogP contribution is -2.41. The SMILES string of the molecule is C[N+]#CCC(CN1CCC(Oc2cc(F)cc(C(=O)NC(C)(C)C)c2)CC1)n1cc(-c2ncnc3[nH]ccc23)cn1. The number of hydrogen-bond acceptors (Lipinski definition) is 6. The van der Waals surface area contributed by atoms with E-state index in [1.807, 2.05) is 50.1 Å². The number of nitrogens with zero attached hydrogens (tertiary/aromatic N) is 6. The van der Waals surface area contributed by atoms with E-state index in [0.29, 0.717) is 12.2 Å². The van der Waals surface area contributed by atoms with E-state index < -0.39 is 11.4 Å². The van der Waals surface area contributed by atoms with Crippen LogP contribution in [0, 0.1) is 11.9 Å². The Hall–Kier alpha value is -4.30. The summed E-state index contributed by atoms with van der Waals surface area (Å²) < 4.78 is 22.4. The van der Waals surface area contributed by atoms with Crippen LogP contribution in [0.25, 0.3) is 27.1 Å². The Labute approximate surface area is 238 Å². The van der Waals surface area contributed by atoms with Gasteiger partial charge in [0.2, 0.25) is 0 Å². The molecule has 41 heavy (non-hydrogen) atoms. The van der Waals surface area contributed by atoms with Gasteiger partial charge in [-0.15, -0.1) is 0 Å². The molecule has 4 heterocycles. The van der Waals surface area contributed by atoms with Crippen LogP contribution in [0.2, 0.25) is 0 Å². The van der Waals surface area contributed by atoms with E-state index in [4.69, 9.17) is 4.74 Å². The molecule has 4 aromatic rings. The number of rotatable bonds is 8. The number of carbonyl (C=O) groups is 1. The predicted octanol–water partition coefficient (Wildman–Crippen LogP) is 4.93. The number of piperidine rings is 1. The molecule has 1 unspecified atom stereocenters. The summed E-state index contributed by atoms with van der Waals surface area (Å²) in [5, 5.41) is 8.49. The van der Waals surface area contributed by atoms with E-state index in [-0.39, 0.29) is 23.6 Å². The maximum absolute atomic E-state index is 14.3. The van der Waals surface area contributed by atoms with Crippen LogP contribution in [0.1, 0.15) is 56.4 Å². The van der Waals surface area contributed by atoms with Crippen molar-refractivity contribution in [2.75, 3.05) is 26.7 Å². The number of fused-ring (bicyclic) bond motifs is 1. The van der Waals surface area contributed by atoms with E-state index in [0.717, 1.165) is 54.8 Å². The van der Waals surface area contributed by atoms with E-state index in [9.17, 15) is 9.18 Å². The van der Waals surface area contributed by atoms with Crippen LogP contribution >= 0.6 is 0 Å². The van der Waals surface area contributed by atoms with Crippen molar-refractivity contribution in [3.63, 3.8) is 0 Å². The largest absolute Gasteiger partial charge is 0.490 e. The average molecular weight is 560 g/mol. The van der Waals surface area contributed by atoms with Gasteiger partial charge >= 0.3 is 0 Å². The number of amides is 1. The van der Waals surface area contributed by atoms with Crippen LogP contribution < -0.4 is 10.1 Å². The zero-order chi connectivity index (χ0) is 29.0. The van der Waals surface area contributed by atoms with Crippen LogP contribution in [0.3, 0.4) is 0 Å². The summed E-state index contributed by atoms with van der Waals surface area (Å²) >= 11 is 0. The molecule has 10 nitrogen and oxygen atoms in total. The number of carbonyl (C=O) groups excluding carboxylic acids is 1. The molecule has 0 aliphatic carbocycles. The third-order valence-corrected chi connectivity index (χ3v) is 7.02. The molecule has 3 aromatic heterocycles. The number of benzene rings is 1. The summed E-state index contributed by atoms with van der Waals surface area (Å²) in [6.45, 7) is 8.07. The van der Waals surface area contributed by atoms with Crippen molar-refractivity contribution in [1.82, 2.24) is 34.9 Å². The highest BCUT2D eigenvalue weighted by Gasteiger charge is 2.26. The molecular weight excluding hydrogens is 523 g/mol. The highest BCUT2D eigenvalue weighted by Crippen LogP contribution is 2.27. The Morgan fingerprint density at radius 2 is 2.07 bits per heavy atom. The molecule has 214 valence electrons. The first-order valence-corrected chi connectivity index (χ1v) is 13.8. The summed E-state index contributed by atoms with van der Waals surface area (Å²) in [6, 6.07) is 9.29. The zero-order valence-electron chi connectivity index (χ0n) is 23.9. The summed E-state index contributed by atoms with van der Waals surface area (Å²) in [5.41, 5.74) is 2.38. The lowest BCUT2D eigenvalue weighted by Gasteiger charge is -2.34. The first kappa shape index (κ1) is 28.2. The lowest BCUT2D eigenvalue weighted by atomic mass is 10.1. The van der Waals surface area contributed by atoms with E-state index in [1.165, 1.54) is 12.1 Å². The van der Waals surface area contributed by atoms with Crippen molar-refractivity contribution in [3.05, 3.63) is 65.4 Å². The molecule has 0 radical (unpaired) electrons. The van der Waals surface area contributed by atoms with E-state index >= 15 is 0 Å². The molecule has 1 aliphatic heterocycles. The smallest absolute Gasteiger partial charge is 0.274 e. The van der Waals surface area contributed by atoms with Crippen LogP contribution in [0.15, 0.2) is 49.2 Å². The van der Waals surface area contributed by atoms with Crippen molar-refractivity contribution < 1.29 is 13.9 Å². The predicted molar refractivity (Wildman–Crippen MR) is 156 cm³/mol. The molecule has 1 fully saturated rings. The van der Waals surface area contributed by atoms with Crippen molar-refractivity contribution in [1.29, 1.82) is 0 Å². The molecule has 1 aromatic carbocycles. The minimum Gasteiger partial charge on any atom is -0.490 e. The normalized spacial score (nSPS) is 15.3. The Balaban J connectivity index is 1.21. The van der Waals surface area contributed by atoms with Gasteiger partial charge in [-0.3, -0.25) is 9.48 Å². The van der Waals surface area contributed by atoms with Gasteiger partial charge in [0.05, 0.1) is 17.9 Å². The number of aromatic amines is 1. The Kier molecular flexibility index (Phi) is 8.31. The molecule has 1 amide bonds. The van der Waals surface area contributed by atoms with Gasteiger partial charge in [-0.25, -0.2) is 14.4 Å². The standard InChI is InChI=1S/C30H35FN8O2/c1-30(2,3)37-29(40)20-13-22(31)15-25(14-20)41-24-7-11-38(12-8-24)18-23(5-9-32-4)39-17-21(16-36-39)27-26-6-10-33-28(26)35-19-34-27/h6,10,13-17,19,23-24H,5,7-8,11-12,18H2,1-4H3,(H-,33,34,35,37,40)/p+1. The monoisotopic (exact) mass is 559 g/mol. The summed E-state index contributed by atoms with van der Waals surface area (Å²) in [4.78, 5) is 30.9. The van der Waals surface area contributed by atoms with Gasteiger partial charge in [0, 0.05) is 60.1 Å². The average Bonchev–Trinajstić information content (AvgIpc) is 3.61. The number of likely N-dealkylation sites (tertiary alicyclic amines) is 1. The fourth-order valence-corrected chi connectivity index (χ4v) is 5.08. The Morgan fingerprint density at radius 3 is 2.83 bits per heavy atom. The molecule has 1 saturated heterocycles. The Morgan fingerprint density at radius 1 is 1.27 bits per heavy atom. The number of hydrogen-bond donors (Lipinski definition) is 2. The summed E-state index contributed by atoms with van der Waals surface area (Å²) in [6.07, 6.45) is 9.39.